The molecular formula is C17H13F3IO3S-. The van der Waals surface area contributed by atoms with Crippen LogP contribution in [0.4, 0.5) is 11.6 Å². The summed E-state index contributed by atoms with van der Waals surface area (Å²) in [7, 11) is -5.94. The van der Waals surface area contributed by atoms with Gasteiger partial charge in [0, 0.05) is 0 Å². The zero-order valence-electron chi connectivity index (χ0n) is 12.6. The first-order valence-electron chi connectivity index (χ1n) is 7.03. The van der Waals surface area contributed by atoms with Gasteiger partial charge in [-0.2, -0.15) is 0 Å². The minimum atomic E-state index is -6.21. The van der Waals surface area contributed by atoms with E-state index in [0.29, 0.717) is 10.8 Å². The number of halogens is 4. The molecule has 0 aliphatic rings. The van der Waals surface area contributed by atoms with Crippen molar-refractivity contribution in [2.45, 2.75) is 3.26 Å². The number of hydrogen-bond donors (Lipinski definition) is 1. The molecule has 3 rings (SSSR count). The fraction of sp³-hybridized carbons (Fsp3) is 0.0588. The van der Waals surface area contributed by atoms with Crippen LogP contribution in [0.5, 0.6) is 0 Å². The Kier molecular flexibility index (Phi) is 4.54. The van der Waals surface area contributed by atoms with Gasteiger partial charge in [0.2, 0.25) is 0 Å². The van der Waals surface area contributed by atoms with E-state index in [0.717, 1.165) is 12.1 Å². The van der Waals surface area contributed by atoms with Crippen molar-refractivity contribution in [2.24, 2.45) is 0 Å². The van der Waals surface area contributed by atoms with Gasteiger partial charge in [-0.25, -0.2) is 0 Å². The summed E-state index contributed by atoms with van der Waals surface area (Å²) in [5.74, 6) is 0. The third kappa shape index (κ3) is 2.91. The zero-order valence-corrected chi connectivity index (χ0v) is 15.6. The number of hydrogen-bond acceptors (Lipinski definition) is 2. The number of benzene rings is 3. The van der Waals surface area contributed by atoms with Crippen LogP contribution in [0.15, 0.2) is 72.8 Å². The summed E-state index contributed by atoms with van der Waals surface area (Å²) in [6, 6.07) is 17.1. The van der Waals surface area contributed by atoms with Crippen molar-refractivity contribution in [3.63, 3.8) is 0 Å². The van der Waals surface area contributed by atoms with Crippen LogP contribution in [0.3, 0.4) is 0 Å². The molecule has 1 unspecified atom stereocenters. The summed E-state index contributed by atoms with van der Waals surface area (Å²) < 4.78 is 71.2. The second-order valence-electron chi connectivity index (χ2n) is 5.21. The van der Waals surface area contributed by atoms with Crippen molar-refractivity contribution >= 4 is 20.9 Å². The van der Waals surface area contributed by atoms with E-state index in [9.17, 15) is 17.2 Å². The van der Waals surface area contributed by atoms with Gasteiger partial charge in [-0.15, -0.1) is 0 Å². The Labute approximate surface area is 147 Å². The SMILES string of the molecule is O=S(=O)(O)C(F)(F)[I-](F)(c1ccccc1)c1ccc2ccccc2c1. The summed E-state index contributed by atoms with van der Waals surface area (Å²) in [5, 5.41) is 1.21. The topological polar surface area (TPSA) is 54.4 Å². The third-order valence-electron chi connectivity index (χ3n) is 3.64. The first kappa shape index (κ1) is 18.2. The Balaban J connectivity index is 2.34. The van der Waals surface area contributed by atoms with E-state index in [2.05, 4.69) is 0 Å². The van der Waals surface area contributed by atoms with Crippen LogP contribution in [-0.4, -0.2) is 16.2 Å². The van der Waals surface area contributed by atoms with E-state index >= 15 is 2.86 Å². The normalized spacial score (nSPS) is 16.3. The van der Waals surface area contributed by atoms with Crippen molar-refractivity contribution < 1.29 is 43.6 Å². The van der Waals surface area contributed by atoms with Gasteiger partial charge in [0.15, 0.2) is 0 Å². The average molecular weight is 481 g/mol. The van der Waals surface area contributed by atoms with E-state index < -0.39 is 36.0 Å². The van der Waals surface area contributed by atoms with Gasteiger partial charge in [0.1, 0.15) is 0 Å². The van der Waals surface area contributed by atoms with Gasteiger partial charge in [-0.05, 0) is 0 Å². The molecule has 1 atom stereocenters. The molecule has 0 fully saturated rings. The van der Waals surface area contributed by atoms with Crippen LogP contribution >= 0.6 is 0 Å². The molecule has 0 heterocycles. The molecule has 1 N–H and O–H groups in total. The standard InChI is InChI=1S/C17H13F3IO3S/c18-17(19,25(22,23)24)21(20,15-8-2-1-3-9-15)16-11-10-13-6-4-5-7-14(13)12-16/h1-12H,(H,22,23,24)/q-1. The maximum absolute atomic E-state index is 15.9. The van der Waals surface area contributed by atoms with Gasteiger partial charge in [-0.3, -0.25) is 0 Å². The molecule has 3 nitrogen and oxygen atoms in total. The summed E-state index contributed by atoms with van der Waals surface area (Å²) in [5.41, 5.74) is 0. The molecule has 0 saturated heterocycles. The number of alkyl halides is 3. The van der Waals surface area contributed by atoms with Gasteiger partial charge >= 0.3 is 148 Å². The van der Waals surface area contributed by atoms with Crippen molar-refractivity contribution in [1.29, 1.82) is 0 Å². The Morgan fingerprint density at radius 3 is 1.96 bits per heavy atom. The van der Waals surface area contributed by atoms with Crippen LogP contribution in [0.2, 0.25) is 0 Å². The van der Waals surface area contributed by atoms with E-state index in [1.165, 1.54) is 36.4 Å². The van der Waals surface area contributed by atoms with Crippen molar-refractivity contribution in [3.8, 4) is 0 Å². The van der Waals surface area contributed by atoms with Crippen molar-refractivity contribution in [2.75, 3.05) is 0 Å². The van der Waals surface area contributed by atoms with E-state index in [4.69, 9.17) is 4.55 Å². The van der Waals surface area contributed by atoms with Gasteiger partial charge in [0.25, 0.3) is 0 Å². The quantitative estimate of drug-likeness (QED) is 0.348. The monoisotopic (exact) mass is 481 g/mol. The van der Waals surface area contributed by atoms with Crippen molar-refractivity contribution in [3.05, 3.63) is 79.9 Å². The molecule has 25 heavy (non-hydrogen) atoms. The molecule has 0 spiro atoms. The van der Waals surface area contributed by atoms with E-state index in [1.807, 2.05) is 0 Å². The fourth-order valence-corrected chi connectivity index (χ4v) is 11.2. The molecular weight excluding hydrogens is 468 g/mol. The first-order chi connectivity index (χ1) is 11.7. The van der Waals surface area contributed by atoms with Crippen LogP contribution in [0, 0.1) is 7.14 Å². The second kappa shape index (κ2) is 6.26. The molecule has 0 bridgehead atoms. The molecule has 3 aromatic rings. The molecule has 0 saturated carbocycles. The first-order valence-corrected chi connectivity index (χ1v) is 12.5. The van der Waals surface area contributed by atoms with Gasteiger partial charge in [0.05, 0.1) is 0 Å². The van der Waals surface area contributed by atoms with E-state index in [-0.39, 0.29) is 3.57 Å². The predicted molar refractivity (Wildman–Crippen MR) is 85.4 cm³/mol. The second-order valence-corrected chi connectivity index (χ2v) is 14.1. The summed E-state index contributed by atoms with van der Waals surface area (Å²) >= 11 is -6.21. The molecule has 134 valence electrons. The molecule has 0 radical (unpaired) electrons. The predicted octanol–water partition coefficient (Wildman–Crippen LogP) is 1.36. The third-order valence-corrected chi connectivity index (χ3v) is 13.9. The Morgan fingerprint density at radius 2 is 1.36 bits per heavy atom. The Bertz CT molecular complexity index is 1030. The van der Waals surface area contributed by atoms with Gasteiger partial charge in [-0.1, -0.05) is 0 Å². The van der Waals surface area contributed by atoms with E-state index in [1.54, 1.807) is 24.3 Å². The number of rotatable bonds is 4. The Morgan fingerprint density at radius 1 is 0.800 bits per heavy atom. The molecule has 8 heteroatoms. The minimum absolute atomic E-state index is 0.389. The van der Waals surface area contributed by atoms with Crippen molar-refractivity contribution in [1.82, 2.24) is 0 Å². The zero-order chi connectivity index (χ0) is 18.3. The van der Waals surface area contributed by atoms with Crippen LogP contribution in [0.1, 0.15) is 0 Å². The molecule has 0 aliphatic heterocycles. The van der Waals surface area contributed by atoms with Crippen LogP contribution in [0.25, 0.3) is 10.8 Å². The molecule has 0 amide bonds. The maximum atomic E-state index is 15.9. The van der Waals surface area contributed by atoms with Gasteiger partial charge < -0.3 is 0 Å². The fourth-order valence-electron chi connectivity index (χ4n) is 2.42. The summed E-state index contributed by atoms with van der Waals surface area (Å²) in [6.45, 7) is 0. The number of fused-ring (bicyclic) bond motifs is 1. The molecule has 3 aromatic carbocycles. The average Bonchev–Trinajstić information content (AvgIpc) is 2.60. The van der Waals surface area contributed by atoms with Crippen LogP contribution < -0.4 is 19.0 Å². The van der Waals surface area contributed by atoms with Crippen LogP contribution in [-0.2, 0) is 10.1 Å². The molecule has 0 aliphatic carbocycles. The summed E-state index contributed by atoms with van der Waals surface area (Å²) in [6.07, 6.45) is 0. The molecule has 0 aromatic heterocycles. The summed E-state index contributed by atoms with van der Waals surface area (Å²) in [4.78, 5) is 0. The Hall–Kier alpha value is -1.65.